The van der Waals surface area contributed by atoms with Gasteiger partial charge < -0.3 is 11.1 Å². The quantitative estimate of drug-likeness (QED) is 0.345. The first kappa shape index (κ1) is 17.9. The van der Waals surface area contributed by atoms with Gasteiger partial charge in [-0.1, -0.05) is 36.4 Å². The lowest BCUT2D eigenvalue weighted by molar-refractivity contribution is -0.105. The van der Waals surface area contributed by atoms with E-state index in [0.717, 1.165) is 33.4 Å². The highest BCUT2D eigenvalue weighted by atomic mass is 79.9. The average molecular weight is 434 g/mol. The Morgan fingerprint density at radius 1 is 0.929 bits per heavy atom. The lowest BCUT2D eigenvalue weighted by Gasteiger charge is -2.18. The van der Waals surface area contributed by atoms with Crippen molar-refractivity contribution >= 4 is 56.6 Å². The van der Waals surface area contributed by atoms with Crippen LogP contribution in [0.1, 0.15) is 0 Å². The van der Waals surface area contributed by atoms with Gasteiger partial charge in [0.1, 0.15) is 0 Å². The van der Waals surface area contributed by atoms with Gasteiger partial charge in [-0.3, -0.25) is 8.72 Å². The normalized spacial score (nSPS) is 10.6. The van der Waals surface area contributed by atoms with E-state index >= 15 is 0 Å². The number of rotatable bonds is 5. The number of halogens is 1. The van der Waals surface area contributed by atoms with Crippen molar-refractivity contribution in [2.24, 2.45) is 0 Å². The summed E-state index contributed by atoms with van der Waals surface area (Å²) >= 11 is 3.60. The average Bonchev–Trinajstić information content (AvgIpc) is 2.74. The van der Waals surface area contributed by atoms with Gasteiger partial charge >= 0.3 is 0 Å². The number of anilines is 4. The maximum atomic E-state index is 10.6. The monoisotopic (exact) mass is 433 g/mol. The zero-order valence-electron chi connectivity index (χ0n) is 14.7. The van der Waals surface area contributed by atoms with Crippen LogP contribution in [0.15, 0.2) is 72.8 Å². The fourth-order valence-electron chi connectivity index (χ4n) is 2.97. The van der Waals surface area contributed by atoms with E-state index in [1.807, 2.05) is 76.7 Å². The van der Waals surface area contributed by atoms with E-state index in [1.165, 1.54) is 0 Å². The Balaban J connectivity index is 1.82. The molecule has 3 aromatic carbocycles. The molecule has 138 valence electrons. The molecule has 1 heterocycles. The number of para-hydroxylation sites is 1. The van der Waals surface area contributed by atoms with Crippen molar-refractivity contribution in [3.05, 3.63) is 72.8 Å². The van der Waals surface area contributed by atoms with E-state index in [9.17, 15) is 4.79 Å². The molecule has 4 rings (SSSR count). The molecular weight excluding hydrogens is 418 g/mol. The Hall–Kier alpha value is -3.45. The first-order chi connectivity index (χ1) is 13.7. The Morgan fingerprint density at radius 3 is 2.36 bits per heavy atom. The van der Waals surface area contributed by atoms with Crippen LogP contribution < -0.4 is 15.0 Å². The molecule has 1 aromatic heterocycles. The lowest BCUT2D eigenvalue weighted by Crippen LogP contribution is -2.07. The number of hydrogen-bond acceptors (Lipinski definition) is 5. The summed E-state index contributed by atoms with van der Waals surface area (Å²) in [5.74, 6) is 0.870. The van der Waals surface area contributed by atoms with Crippen LogP contribution >= 0.6 is 16.1 Å². The molecule has 0 spiro atoms. The molecule has 0 saturated heterocycles. The van der Waals surface area contributed by atoms with Crippen LogP contribution in [-0.2, 0) is 4.79 Å². The number of nitrogens with one attached hydrogen (secondary N) is 1. The standard InChI is InChI=1S/C21H16BrN5O/c22-27(17-4-2-1-3-5-17)20-18-12-15(8-11-19(18)25-21(23)26-20)14-6-9-16(10-7-14)24-13-28/h1-13H,(H,24,28)(H2,23,25,26). The van der Waals surface area contributed by atoms with Crippen LogP contribution in [0.4, 0.5) is 23.1 Å². The number of nitrogens with two attached hydrogens (primary N) is 1. The molecule has 0 bridgehead atoms. The summed E-state index contributed by atoms with van der Waals surface area (Å²) in [6, 6.07) is 23.4. The molecule has 0 atom stereocenters. The van der Waals surface area contributed by atoms with Crippen LogP contribution in [0.25, 0.3) is 22.0 Å². The van der Waals surface area contributed by atoms with Crippen LogP contribution in [-0.4, -0.2) is 16.4 Å². The molecule has 0 unspecified atom stereocenters. The highest BCUT2D eigenvalue weighted by Gasteiger charge is 2.14. The zero-order valence-corrected chi connectivity index (χ0v) is 16.3. The second-order valence-corrected chi connectivity index (χ2v) is 6.80. The Bertz CT molecular complexity index is 1130. The van der Waals surface area contributed by atoms with Gasteiger partial charge in [-0.25, -0.2) is 4.98 Å². The third kappa shape index (κ3) is 3.52. The molecular formula is C21H16BrN5O. The second-order valence-electron chi connectivity index (χ2n) is 6.09. The van der Waals surface area contributed by atoms with Crippen molar-refractivity contribution < 1.29 is 4.79 Å². The van der Waals surface area contributed by atoms with Crippen LogP contribution in [0.2, 0.25) is 0 Å². The Morgan fingerprint density at radius 2 is 1.64 bits per heavy atom. The summed E-state index contributed by atoms with van der Waals surface area (Å²) in [7, 11) is 0. The lowest BCUT2D eigenvalue weighted by atomic mass is 10.0. The fraction of sp³-hybridized carbons (Fsp3) is 0. The molecule has 0 aliphatic rings. The van der Waals surface area contributed by atoms with Gasteiger partial charge in [-0.05, 0) is 47.5 Å². The fourth-order valence-corrected chi connectivity index (χ4v) is 3.47. The van der Waals surface area contributed by atoms with Gasteiger partial charge in [0.15, 0.2) is 5.82 Å². The van der Waals surface area contributed by atoms with E-state index in [-0.39, 0.29) is 5.95 Å². The molecule has 0 saturated carbocycles. The molecule has 0 fully saturated rings. The van der Waals surface area contributed by atoms with Gasteiger partial charge in [-0.2, -0.15) is 4.98 Å². The summed E-state index contributed by atoms with van der Waals surface area (Å²) in [4.78, 5) is 19.4. The summed E-state index contributed by atoms with van der Waals surface area (Å²) in [5, 5.41) is 3.50. The van der Waals surface area contributed by atoms with Gasteiger partial charge in [0.05, 0.1) is 27.4 Å². The minimum absolute atomic E-state index is 0.208. The number of amides is 1. The van der Waals surface area contributed by atoms with E-state index in [2.05, 4.69) is 31.4 Å². The first-order valence-corrected chi connectivity index (χ1v) is 9.25. The summed E-state index contributed by atoms with van der Waals surface area (Å²) < 4.78 is 1.81. The van der Waals surface area contributed by atoms with E-state index in [0.29, 0.717) is 12.2 Å². The van der Waals surface area contributed by atoms with Gasteiger partial charge in [0.25, 0.3) is 0 Å². The number of aromatic nitrogens is 2. The zero-order chi connectivity index (χ0) is 19.5. The number of nitrogen functional groups attached to an aromatic ring is 1. The predicted molar refractivity (Wildman–Crippen MR) is 117 cm³/mol. The van der Waals surface area contributed by atoms with Gasteiger partial charge in [0, 0.05) is 11.1 Å². The summed E-state index contributed by atoms with van der Waals surface area (Å²) in [6.07, 6.45) is 0.660. The number of fused-ring (bicyclic) bond motifs is 1. The number of carbonyl (C=O) groups excluding carboxylic acids is 1. The molecule has 7 heteroatoms. The molecule has 0 radical (unpaired) electrons. The van der Waals surface area contributed by atoms with Crippen molar-refractivity contribution in [1.82, 2.24) is 9.97 Å². The smallest absolute Gasteiger partial charge is 0.222 e. The van der Waals surface area contributed by atoms with Crippen molar-refractivity contribution in [3.8, 4) is 11.1 Å². The summed E-state index contributed by atoms with van der Waals surface area (Å²) in [5.41, 5.74) is 10.4. The van der Waals surface area contributed by atoms with E-state index in [1.54, 1.807) is 0 Å². The first-order valence-electron chi connectivity index (χ1n) is 8.54. The highest BCUT2D eigenvalue weighted by Crippen LogP contribution is 2.35. The molecule has 1 amide bonds. The third-order valence-electron chi connectivity index (χ3n) is 4.31. The topological polar surface area (TPSA) is 84.1 Å². The highest BCUT2D eigenvalue weighted by molar-refractivity contribution is 9.10. The molecule has 3 N–H and O–H groups in total. The Labute approximate surface area is 170 Å². The molecule has 28 heavy (non-hydrogen) atoms. The van der Waals surface area contributed by atoms with Crippen molar-refractivity contribution in [2.45, 2.75) is 0 Å². The van der Waals surface area contributed by atoms with Crippen LogP contribution in [0, 0.1) is 0 Å². The summed E-state index contributed by atoms with van der Waals surface area (Å²) in [6.45, 7) is 0. The maximum absolute atomic E-state index is 10.6. The third-order valence-corrected chi connectivity index (χ3v) is 5.05. The Kier molecular flexibility index (Phi) is 4.90. The van der Waals surface area contributed by atoms with Gasteiger partial charge in [0.2, 0.25) is 12.4 Å². The molecule has 0 aliphatic heterocycles. The largest absolute Gasteiger partial charge is 0.368 e. The molecule has 6 nitrogen and oxygen atoms in total. The molecule has 0 aliphatic carbocycles. The maximum Gasteiger partial charge on any atom is 0.222 e. The number of benzene rings is 3. The number of hydrogen-bond donors (Lipinski definition) is 2. The van der Waals surface area contributed by atoms with E-state index < -0.39 is 0 Å². The van der Waals surface area contributed by atoms with Crippen LogP contribution in [0.5, 0.6) is 0 Å². The van der Waals surface area contributed by atoms with Gasteiger partial charge in [-0.15, -0.1) is 0 Å². The van der Waals surface area contributed by atoms with Crippen molar-refractivity contribution in [2.75, 3.05) is 15.0 Å². The SMILES string of the molecule is Nc1nc(N(Br)c2ccccc2)c2cc(-c3ccc(NC=O)cc3)ccc2n1. The van der Waals surface area contributed by atoms with Crippen molar-refractivity contribution in [1.29, 1.82) is 0 Å². The van der Waals surface area contributed by atoms with Crippen molar-refractivity contribution in [3.63, 3.8) is 0 Å². The van der Waals surface area contributed by atoms with Crippen LogP contribution in [0.3, 0.4) is 0 Å². The second kappa shape index (κ2) is 7.66. The van der Waals surface area contributed by atoms with E-state index in [4.69, 9.17) is 5.73 Å². The minimum Gasteiger partial charge on any atom is -0.368 e. The predicted octanol–water partition coefficient (Wildman–Crippen LogP) is 4.90. The number of nitrogens with zero attached hydrogens (tertiary/aromatic N) is 3. The minimum atomic E-state index is 0.208. The molecule has 4 aromatic rings. The number of carbonyl (C=O) groups is 1.